The highest BCUT2D eigenvalue weighted by Crippen LogP contribution is 2.37. The molecule has 0 radical (unpaired) electrons. The van der Waals surface area contributed by atoms with Gasteiger partial charge >= 0.3 is 0 Å². The molecule has 4 rings (SSSR count). The first-order valence-electron chi connectivity index (χ1n) is 9.60. The van der Waals surface area contributed by atoms with Crippen LogP contribution in [0.2, 0.25) is 0 Å². The van der Waals surface area contributed by atoms with Crippen LogP contribution in [0.25, 0.3) is 0 Å². The SMILES string of the molecule is Cn1cc2c(n1)CN(C(=O)C1(C)CC=CCC1)CC2COCC1CC1. The van der Waals surface area contributed by atoms with Crippen molar-refractivity contribution in [2.24, 2.45) is 18.4 Å². The highest BCUT2D eigenvalue weighted by atomic mass is 16.5. The number of ether oxygens (including phenoxy) is 1. The Morgan fingerprint density at radius 1 is 1.36 bits per heavy atom. The van der Waals surface area contributed by atoms with Crippen LogP contribution in [-0.2, 0) is 23.1 Å². The molecule has 2 unspecified atom stereocenters. The minimum Gasteiger partial charge on any atom is -0.380 e. The van der Waals surface area contributed by atoms with Crippen LogP contribution in [0.15, 0.2) is 18.3 Å². The van der Waals surface area contributed by atoms with Crippen molar-refractivity contribution in [3.63, 3.8) is 0 Å². The van der Waals surface area contributed by atoms with Gasteiger partial charge in [-0.2, -0.15) is 5.10 Å². The second-order valence-corrected chi connectivity index (χ2v) is 8.34. The van der Waals surface area contributed by atoms with Crippen LogP contribution in [0.3, 0.4) is 0 Å². The van der Waals surface area contributed by atoms with E-state index in [1.165, 1.54) is 18.4 Å². The molecule has 0 spiro atoms. The van der Waals surface area contributed by atoms with E-state index in [4.69, 9.17) is 4.74 Å². The van der Waals surface area contributed by atoms with Crippen LogP contribution < -0.4 is 0 Å². The summed E-state index contributed by atoms with van der Waals surface area (Å²) in [5, 5.41) is 4.61. The summed E-state index contributed by atoms with van der Waals surface area (Å²) < 4.78 is 7.85. The molecule has 1 aromatic heterocycles. The molecule has 0 saturated heterocycles. The highest BCUT2D eigenvalue weighted by molar-refractivity contribution is 5.83. The van der Waals surface area contributed by atoms with Crippen LogP contribution in [0.1, 0.15) is 56.2 Å². The van der Waals surface area contributed by atoms with E-state index in [1.54, 1.807) is 0 Å². The number of amides is 1. The smallest absolute Gasteiger partial charge is 0.229 e. The number of carbonyl (C=O) groups excluding carboxylic acids is 1. The third-order valence-corrected chi connectivity index (χ3v) is 5.93. The Balaban J connectivity index is 1.49. The number of allylic oxidation sites excluding steroid dienone is 2. The van der Waals surface area contributed by atoms with E-state index < -0.39 is 0 Å². The zero-order valence-corrected chi connectivity index (χ0v) is 15.4. The molecule has 0 N–H and O–H groups in total. The van der Waals surface area contributed by atoms with Gasteiger partial charge in [0.05, 0.1) is 24.3 Å². The van der Waals surface area contributed by atoms with E-state index in [2.05, 4.69) is 30.4 Å². The summed E-state index contributed by atoms with van der Waals surface area (Å²) in [6, 6.07) is 0. The van der Waals surface area contributed by atoms with Crippen molar-refractivity contribution in [1.82, 2.24) is 14.7 Å². The third kappa shape index (κ3) is 3.52. The lowest BCUT2D eigenvalue weighted by molar-refractivity contribution is -0.143. The minimum atomic E-state index is -0.263. The zero-order chi connectivity index (χ0) is 17.4. The van der Waals surface area contributed by atoms with Crippen molar-refractivity contribution >= 4 is 5.91 Å². The fourth-order valence-corrected chi connectivity index (χ4v) is 4.13. The van der Waals surface area contributed by atoms with Gasteiger partial charge in [0.25, 0.3) is 0 Å². The van der Waals surface area contributed by atoms with Crippen molar-refractivity contribution in [3.05, 3.63) is 29.6 Å². The van der Waals surface area contributed by atoms with Crippen molar-refractivity contribution in [2.45, 2.75) is 51.5 Å². The Labute approximate surface area is 150 Å². The zero-order valence-electron chi connectivity index (χ0n) is 15.4. The van der Waals surface area contributed by atoms with Gasteiger partial charge in [-0.3, -0.25) is 9.48 Å². The molecule has 0 aromatic carbocycles. The fraction of sp³-hybridized carbons (Fsp3) is 0.700. The van der Waals surface area contributed by atoms with Gasteiger partial charge in [-0.1, -0.05) is 19.1 Å². The number of rotatable bonds is 5. The van der Waals surface area contributed by atoms with Crippen LogP contribution in [0.5, 0.6) is 0 Å². The Kier molecular flexibility index (Phi) is 4.44. The maximum atomic E-state index is 13.2. The average molecular weight is 343 g/mol. The summed E-state index contributed by atoms with van der Waals surface area (Å²) in [6.45, 7) is 5.05. The lowest BCUT2D eigenvalue weighted by Crippen LogP contribution is -2.46. The number of aryl methyl sites for hydroxylation is 1. The van der Waals surface area contributed by atoms with Gasteiger partial charge in [-0.25, -0.2) is 0 Å². The first-order valence-corrected chi connectivity index (χ1v) is 9.60. The average Bonchev–Trinajstić information content (AvgIpc) is 3.34. The molecule has 5 nitrogen and oxygen atoms in total. The Hall–Kier alpha value is -1.62. The molecule has 2 heterocycles. The molecule has 1 fully saturated rings. The van der Waals surface area contributed by atoms with Crippen molar-refractivity contribution in [1.29, 1.82) is 0 Å². The predicted octanol–water partition coefficient (Wildman–Crippen LogP) is 3.02. The lowest BCUT2D eigenvalue weighted by Gasteiger charge is -2.39. The summed E-state index contributed by atoms with van der Waals surface area (Å²) in [5.74, 6) is 1.28. The Bertz CT molecular complexity index is 676. The maximum Gasteiger partial charge on any atom is 0.229 e. The van der Waals surface area contributed by atoms with Crippen molar-refractivity contribution < 1.29 is 9.53 Å². The summed E-state index contributed by atoms with van der Waals surface area (Å²) in [4.78, 5) is 15.3. The van der Waals surface area contributed by atoms with Gasteiger partial charge < -0.3 is 9.64 Å². The summed E-state index contributed by atoms with van der Waals surface area (Å²) >= 11 is 0. The molecular weight excluding hydrogens is 314 g/mol. The molecule has 3 aliphatic rings. The highest BCUT2D eigenvalue weighted by Gasteiger charge is 2.40. The standard InChI is InChI=1S/C20H29N3O2/c1-20(8-4-3-5-9-20)19(24)23-10-16(14-25-13-15-6-7-15)17-11-22(2)21-18(17)12-23/h3-4,11,15-16H,5-10,12-14H2,1-2H3. The van der Waals surface area contributed by atoms with E-state index in [9.17, 15) is 4.79 Å². The molecule has 1 saturated carbocycles. The quantitative estimate of drug-likeness (QED) is 0.772. The maximum absolute atomic E-state index is 13.2. The van der Waals surface area contributed by atoms with Crippen LogP contribution >= 0.6 is 0 Å². The van der Waals surface area contributed by atoms with E-state index in [1.807, 2.05) is 16.6 Å². The predicted molar refractivity (Wildman–Crippen MR) is 96.0 cm³/mol. The molecule has 1 amide bonds. The van der Waals surface area contributed by atoms with Crippen molar-refractivity contribution in [2.75, 3.05) is 19.8 Å². The number of hydrogen-bond acceptors (Lipinski definition) is 3. The van der Waals surface area contributed by atoms with Gasteiger partial charge in [0.1, 0.15) is 0 Å². The van der Waals surface area contributed by atoms with Gasteiger partial charge in [-0.05, 0) is 38.0 Å². The molecule has 136 valence electrons. The molecule has 2 atom stereocenters. The second kappa shape index (κ2) is 6.60. The van der Waals surface area contributed by atoms with Gasteiger partial charge in [0.15, 0.2) is 0 Å². The molecule has 0 bridgehead atoms. The first-order chi connectivity index (χ1) is 12.0. The normalized spacial score (nSPS) is 28.9. The van der Waals surface area contributed by atoms with E-state index in [-0.39, 0.29) is 17.2 Å². The Morgan fingerprint density at radius 3 is 2.92 bits per heavy atom. The molecule has 5 heteroatoms. The summed E-state index contributed by atoms with van der Waals surface area (Å²) in [5.41, 5.74) is 2.04. The molecule has 1 aliphatic heterocycles. The molecule has 1 aromatic rings. The van der Waals surface area contributed by atoms with Gasteiger partial charge in [-0.15, -0.1) is 0 Å². The second-order valence-electron chi connectivity index (χ2n) is 8.34. The van der Waals surface area contributed by atoms with Crippen molar-refractivity contribution in [3.8, 4) is 0 Å². The monoisotopic (exact) mass is 343 g/mol. The minimum absolute atomic E-state index is 0.239. The Morgan fingerprint density at radius 2 is 2.20 bits per heavy atom. The lowest BCUT2D eigenvalue weighted by atomic mass is 9.77. The van der Waals surface area contributed by atoms with E-state index >= 15 is 0 Å². The van der Waals surface area contributed by atoms with Crippen LogP contribution in [-0.4, -0.2) is 40.3 Å². The number of aromatic nitrogens is 2. The molecule has 25 heavy (non-hydrogen) atoms. The van der Waals surface area contributed by atoms with E-state index in [0.717, 1.165) is 44.0 Å². The molecular formula is C20H29N3O2. The van der Waals surface area contributed by atoms with Gasteiger partial charge in [0.2, 0.25) is 5.91 Å². The van der Waals surface area contributed by atoms with Gasteiger partial charge in [0, 0.05) is 37.9 Å². The number of carbonyl (C=O) groups is 1. The number of hydrogen-bond donors (Lipinski definition) is 0. The largest absolute Gasteiger partial charge is 0.380 e. The first kappa shape index (κ1) is 16.8. The third-order valence-electron chi connectivity index (χ3n) is 5.93. The number of fused-ring (bicyclic) bond motifs is 1. The fourth-order valence-electron chi connectivity index (χ4n) is 4.13. The van der Waals surface area contributed by atoms with Crippen LogP contribution in [0, 0.1) is 11.3 Å². The van der Waals surface area contributed by atoms with E-state index in [0.29, 0.717) is 13.2 Å². The van der Waals surface area contributed by atoms with Crippen LogP contribution in [0.4, 0.5) is 0 Å². The summed E-state index contributed by atoms with van der Waals surface area (Å²) in [7, 11) is 1.96. The molecule has 2 aliphatic carbocycles. The number of nitrogens with zero attached hydrogens (tertiary/aromatic N) is 3. The topological polar surface area (TPSA) is 47.4 Å². The summed E-state index contributed by atoms with van der Waals surface area (Å²) in [6.07, 6.45) is 11.9.